The lowest BCUT2D eigenvalue weighted by molar-refractivity contribution is -0.154. The molecule has 21 heavy (non-hydrogen) atoms. The van der Waals surface area contributed by atoms with Crippen LogP contribution in [0.1, 0.15) is 13.8 Å². The number of hydrogen-bond acceptors (Lipinski definition) is 3. The molecule has 0 aliphatic heterocycles. The summed E-state index contributed by atoms with van der Waals surface area (Å²) in [6.45, 7) is 2.54. The number of anilines is 1. The first kappa shape index (κ1) is 16.5. The van der Waals surface area contributed by atoms with Crippen LogP contribution in [0, 0.1) is 0 Å². The zero-order valence-corrected chi connectivity index (χ0v) is 12.2. The molecule has 0 unspecified atom stereocenters. The maximum absolute atomic E-state index is 11.9. The molecule has 7 heteroatoms. The Balaban J connectivity index is 2.49. The summed E-state index contributed by atoms with van der Waals surface area (Å²) in [5, 5.41) is 14.0. The van der Waals surface area contributed by atoms with Gasteiger partial charge in [0, 0.05) is 12.7 Å². The third-order valence-corrected chi connectivity index (χ3v) is 3.17. The summed E-state index contributed by atoms with van der Waals surface area (Å²) >= 11 is 0. The Morgan fingerprint density at radius 2 is 1.76 bits per heavy atom. The second-order valence-corrected chi connectivity index (χ2v) is 4.99. The Morgan fingerprint density at radius 3 is 2.29 bits per heavy atom. The zero-order valence-electron chi connectivity index (χ0n) is 12.2. The summed E-state index contributed by atoms with van der Waals surface area (Å²) in [6, 6.07) is 8.24. The lowest BCUT2D eigenvalue weighted by Gasteiger charge is -2.31. The Bertz CT molecular complexity index is 528. The van der Waals surface area contributed by atoms with E-state index in [-0.39, 0.29) is 6.54 Å². The quantitative estimate of drug-likeness (QED) is 0.757. The Labute approximate surface area is 122 Å². The van der Waals surface area contributed by atoms with Crippen molar-refractivity contribution in [2.45, 2.75) is 19.4 Å². The second kappa shape index (κ2) is 6.74. The molecule has 0 bridgehead atoms. The minimum absolute atomic E-state index is 0.286. The van der Waals surface area contributed by atoms with Crippen molar-refractivity contribution in [3.05, 3.63) is 30.3 Å². The molecule has 0 heterocycles. The van der Waals surface area contributed by atoms with E-state index in [9.17, 15) is 14.4 Å². The maximum Gasteiger partial charge on any atom is 0.329 e. The van der Waals surface area contributed by atoms with Crippen LogP contribution in [0.2, 0.25) is 0 Å². The van der Waals surface area contributed by atoms with Crippen LogP contribution in [0.5, 0.6) is 0 Å². The molecule has 0 atom stereocenters. The van der Waals surface area contributed by atoms with Gasteiger partial charge in [0.2, 0.25) is 5.91 Å². The molecule has 0 radical (unpaired) electrons. The van der Waals surface area contributed by atoms with E-state index in [1.807, 2.05) is 6.07 Å². The Morgan fingerprint density at radius 1 is 1.19 bits per heavy atom. The average Bonchev–Trinajstić information content (AvgIpc) is 2.44. The van der Waals surface area contributed by atoms with Gasteiger partial charge in [-0.25, -0.2) is 9.59 Å². The number of carbonyl (C=O) groups is 3. The topological polar surface area (TPSA) is 98.7 Å². The van der Waals surface area contributed by atoms with Gasteiger partial charge in [0.05, 0.1) is 6.54 Å². The molecule has 0 aromatic heterocycles. The highest BCUT2D eigenvalue weighted by atomic mass is 16.4. The number of benzene rings is 1. The SMILES string of the molecule is CN(C(=O)CNC(=O)Nc1ccccc1)C(C)(C)C(=O)O. The predicted octanol–water partition coefficient (Wildman–Crippen LogP) is 1.13. The van der Waals surface area contributed by atoms with Gasteiger partial charge in [-0.2, -0.15) is 0 Å². The number of carbonyl (C=O) groups excluding carboxylic acids is 2. The Kier molecular flexibility index (Phi) is 5.29. The standard InChI is InChI=1S/C14H19N3O4/c1-14(2,12(19)20)17(3)11(18)9-15-13(21)16-10-7-5-4-6-8-10/h4-8H,9H2,1-3H3,(H,19,20)(H2,15,16,21). The van der Waals surface area contributed by atoms with Crippen molar-refractivity contribution < 1.29 is 19.5 Å². The van der Waals surface area contributed by atoms with Crippen LogP contribution in [0.3, 0.4) is 0 Å². The third kappa shape index (κ3) is 4.48. The molecule has 1 aromatic rings. The van der Waals surface area contributed by atoms with Crippen LogP contribution in [0.25, 0.3) is 0 Å². The number of hydrogen-bond donors (Lipinski definition) is 3. The van der Waals surface area contributed by atoms with Crippen LogP contribution in [-0.2, 0) is 9.59 Å². The molecule has 0 aliphatic carbocycles. The first-order valence-corrected chi connectivity index (χ1v) is 6.35. The molecule has 3 N–H and O–H groups in total. The van der Waals surface area contributed by atoms with Crippen LogP contribution in [0.4, 0.5) is 10.5 Å². The molecule has 114 valence electrons. The van der Waals surface area contributed by atoms with Crippen LogP contribution in [0.15, 0.2) is 30.3 Å². The van der Waals surface area contributed by atoms with Gasteiger partial charge in [-0.05, 0) is 26.0 Å². The summed E-state index contributed by atoms with van der Waals surface area (Å²) in [5.41, 5.74) is -0.740. The number of likely N-dealkylation sites (N-methyl/N-ethyl adjacent to an activating group) is 1. The van der Waals surface area contributed by atoms with Crippen molar-refractivity contribution in [2.24, 2.45) is 0 Å². The zero-order chi connectivity index (χ0) is 16.0. The highest BCUT2D eigenvalue weighted by Crippen LogP contribution is 2.12. The number of urea groups is 1. The lowest BCUT2D eigenvalue weighted by Crippen LogP contribution is -2.53. The van der Waals surface area contributed by atoms with E-state index in [4.69, 9.17) is 5.11 Å². The lowest BCUT2D eigenvalue weighted by atomic mass is 10.0. The number of carboxylic acids is 1. The van der Waals surface area contributed by atoms with E-state index < -0.39 is 23.4 Å². The maximum atomic E-state index is 11.9. The number of amides is 3. The molecule has 0 saturated heterocycles. The number of aliphatic carboxylic acids is 1. The fourth-order valence-electron chi connectivity index (χ4n) is 1.43. The largest absolute Gasteiger partial charge is 0.480 e. The summed E-state index contributed by atoms with van der Waals surface area (Å²) in [7, 11) is 1.38. The molecule has 0 spiro atoms. The van der Waals surface area contributed by atoms with Crippen molar-refractivity contribution >= 4 is 23.6 Å². The number of para-hydroxylation sites is 1. The van der Waals surface area contributed by atoms with E-state index in [0.29, 0.717) is 5.69 Å². The molecule has 0 fully saturated rings. The fourth-order valence-corrected chi connectivity index (χ4v) is 1.43. The molecule has 1 rings (SSSR count). The van der Waals surface area contributed by atoms with E-state index in [0.717, 1.165) is 4.90 Å². The molecule has 3 amide bonds. The Hall–Kier alpha value is -2.57. The van der Waals surface area contributed by atoms with Gasteiger partial charge in [0.25, 0.3) is 0 Å². The molecule has 0 aliphatic rings. The van der Waals surface area contributed by atoms with Gasteiger partial charge in [0.1, 0.15) is 5.54 Å². The van der Waals surface area contributed by atoms with Crippen molar-refractivity contribution in [1.29, 1.82) is 0 Å². The molecule has 1 aromatic carbocycles. The van der Waals surface area contributed by atoms with Crippen LogP contribution >= 0.6 is 0 Å². The van der Waals surface area contributed by atoms with Crippen molar-refractivity contribution in [2.75, 3.05) is 18.9 Å². The number of rotatable bonds is 5. The van der Waals surface area contributed by atoms with Crippen LogP contribution in [-0.4, -0.2) is 47.0 Å². The molecular formula is C14H19N3O4. The van der Waals surface area contributed by atoms with Gasteiger partial charge in [-0.1, -0.05) is 18.2 Å². The highest BCUT2D eigenvalue weighted by molar-refractivity contribution is 5.93. The van der Waals surface area contributed by atoms with E-state index in [2.05, 4.69) is 10.6 Å². The molecular weight excluding hydrogens is 274 g/mol. The molecule has 0 saturated carbocycles. The predicted molar refractivity (Wildman–Crippen MR) is 77.9 cm³/mol. The fraction of sp³-hybridized carbons (Fsp3) is 0.357. The van der Waals surface area contributed by atoms with E-state index in [1.54, 1.807) is 24.3 Å². The minimum atomic E-state index is -1.34. The van der Waals surface area contributed by atoms with E-state index in [1.165, 1.54) is 20.9 Å². The van der Waals surface area contributed by atoms with E-state index >= 15 is 0 Å². The van der Waals surface area contributed by atoms with Gasteiger partial charge in [0.15, 0.2) is 0 Å². The summed E-state index contributed by atoms with van der Waals surface area (Å²) < 4.78 is 0. The highest BCUT2D eigenvalue weighted by Gasteiger charge is 2.34. The smallest absolute Gasteiger partial charge is 0.329 e. The summed E-state index contributed by atoms with van der Waals surface area (Å²) in [6.07, 6.45) is 0. The summed E-state index contributed by atoms with van der Waals surface area (Å²) in [5.74, 6) is -1.61. The number of nitrogens with one attached hydrogen (secondary N) is 2. The van der Waals surface area contributed by atoms with Crippen LogP contribution < -0.4 is 10.6 Å². The van der Waals surface area contributed by atoms with Crippen molar-refractivity contribution in [3.63, 3.8) is 0 Å². The molecule has 7 nitrogen and oxygen atoms in total. The van der Waals surface area contributed by atoms with Crippen molar-refractivity contribution in [1.82, 2.24) is 10.2 Å². The van der Waals surface area contributed by atoms with Gasteiger partial charge in [-0.15, -0.1) is 0 Å². The number of nitrogens with zero attached hydrogens (tertiary/aromatic N) is 1. The van der Waals surface area contributed by atoms with Crippen molar-refractivity contribution in [3.8, 4) is 0 Å². The first-order valence-electron chi connectivity index (χ1n) is 6.35. The third-order valence-electron chi connectivity index (χ3n) is 3.17. The summed E-state index contributed by atoms with van der Waals surface area (Å²) in [4.78, 5) is 35.6. The average molecular weight is 293 g/mol. The van der Waals surface area contributed by atoms with Gasteiger partial charge >= 0.3 is 12.0 Å². The minimum Gasteiger partial charge on any atom is -0.480 e. The van der Waals surface area contributed by atoms with Gasteiger partial charge < -0.3 is 20.6 Å². The number of carboxylic acid groups (broad SMARTS) is 1. The monoisotopic (exact) mass is 293 g/mol. The first-order chi connectivity index (χ1) is 9.75. The normalized spacial score (nSPS) is 10.6. The second-order valence-electron chi connectivity index (χ2n) is 4.99. The van der Waals surface area contributed by atoms with Gasteiger partial charge in [-0.3, -0.25) is 4.79 Å².